The van der Waals surface area contributed by atoms with E-state index in [0.29, 0.717) is 37.3 Å². The largest absolute Gasteiger partial charge is 0.353 e. The van der Waals surface area contributed by atoms with Gasteiger partial charge in [-0.05, 0) is 56.5 Å². The Kier molecular flexibility index (Phi) is 9.27. The van der Waals surface area contributed by atoms with E-state index in [2.05, 4.69) is 61.7 Å². The van der Waals surface area contributed by atoms with Crippen LogP contribution in [-0.2, 0) is 16.0 Å². The number of benzene rings is 1. The number of thiazole rings is 1. The Balaban J connectivity index is 1.71. The van der Waals surface area contributed by atoms with Crippen LogP contribution < -0.4 is 10.6 Å². The molecule has 0 saturated heterocycles. The standard InChI is InChI=1S/C26H40N4O2S/c1-6-24(31)28-21(15-25-29-20-13-12-19(17(2)3)14-23(20)33-25)26(32)27-16-22(30(4)5)18-10-8-7-9-11-18/h12-14,17-18,21-22H,6-11,15-16H2,1-5H3,(H,27,32)(H,28,31)/t21-,22+/m0/s1. The van der Waals surface area contributed by atoms with Gasteiger partial charge in [-0.25, -0.2) is 4.98 Å². The number of fused-ring (bicyclic) bond motifs is 1. The number of hydrogen-bond donors (Lipinski definition) is 2. The van der Waals surface area contributed by atoms with Crippen molar-refractivity contribution in [2.45, 2.75) is 83.7 Å². The van der Waals surface area contributed by atoms with E-state index in [1.165, 1.54) is 37.7 Å². The quantitative estimate of drug-likeness (QED) is 0.535. The molecular weight excluding hydrogens is 432 g/mol. The molecule has 1 aliphatic carbocycles. The van der Waals surface area contributed by atoms with Crippen LogP contribution in [0, 0.1) is 5.92 Å². The SMILES string of the molecule is CCC(=O)N[C@@H](Cc1nc2ccc(C(C)C)cc2s1)C(=O)NC[C@H](C1CCCCC1)N(C)C. The second-order valence-electron chi connectivity index (χ2n) is 9.84. The maximum absolute atomic E-state index is 13.2. The van der Waals surface area contributed by atoms with Crippen LogP contribution in [0.15, 0.2) is 18.2 Å². The van der Waals surface area contributed by atoms with Gasteiger partial charge in [0.15, 0.2) is 0 Å². The number of aromatic nitrogens is 1. The number of amides is 2. The predicted octanol–water partition coefficient (Wildman–Crippen LogP) is 4.48. The number of nitrogens with one attached hydrogen (secondary N) is 2. The fourth-order valence-corrected chi connectivity index (χ4v) is 5.79. The zero-order valence-electron chi connectivity index (χ0n) is 20.8. The highest BCUT2D eigenvalue weighted by Crippen LogP contribution is 2.29. The van der Waals surface area contributed by atoms with Gasteiger partial charge in [0, 0.05) is 25.4 Å². The third-order valence-electron chi connectivity index (χ3n) is 6.82. The Bertz CT molecular complexity index is 934. The van der Waals surface area contributed by atoms with Gasteiger partial charge < -0.3 is 15.5 Å². The Labute approximate surface area is 202 Å². The number of carbonyl (C=O) groups excluding carboxylic acids is 2. The highest BCUT2D eigenvalue weighted by Gasteiger charge is 2.28. The molecule has 0 bridgehead atoms. The van der Waals surface area contributed by atoms with Crippen molar-refractivity contribution in [3.05, 3.63) is 28.8 Å². The van der Waals surface area contributed by atoms with Crippen LogP contribution in [0.1, 0.15) is 75.8 Å². The number of likely N-dealkylation sites (N-methyl/N-ethyl adjacent to an activating group) is 1. The molecule has 1 fully saturated rings. The normalized spacial score (nSPS) is 16.8. The highest BCUT2D eigenvalue weighted by atomic mass is 32.1. The molecule has 3 rings (SSSR count). The van der Waals surface area contributed by atoms with Crippen LogP contribution in [-0.4, -0.2) is 54.4 Å². The summed E-state index contributed by atoms with van der Waals surface area (Å²) in [6, 6.07) is 6.06. The zero-order valence-corrected chi connectivity index (χ0v) is 21.6. The van der Waals surface area contributed by atoms with E-state index in [1.54, 1.807) is 18.3 Å². The molecule has 2 amide bonds. The second kappa shape index (κ2) is 11.9. The molecule has 1 aromatic carbocycles. The molecule has 2 aromatic rings. The van der Waals surface area contributed by atoms with Crippen molar-refractivity contribution in [3.8, 4) is 0 Å². The van der Waals surface area contributed by atoms with Crippen molar-refractivity contribution in [2.24, 2.45) is 5.92 Å². The van der Waals surface area contributed by atoms with Gasteiger partial charge in [-0.15, -0.1) is 11.3 Å². The second-order valence-corrected chi connectivity index (χ2v) is 11.0. The van der Waals surface area contributed by atoms with Crippen molar-refractivity contribution >= 4 is 33.4 Å². The molecule has 0 unspecified atom stereocenters. The molecule has 33 heavy (non-hydrogen) atoms. The summed E-state index contributed by atoms with van der Waals surface area (Å²) in [6.45, 7) is 6.77. The molecular formula is C26H40N4O2S. The minimum absolute atomic E-state index is 0.116. The highest BCUT2D eigenvalue weighted by molar-refractivity contribution is 7.18. The lowest BCUT2D eigenvalue weighted by Gasteiger charge is -2.35. The number of carbonyl (C=O) groups is 2. The van der Waals surface area contributed by atoms with Crippen molar-refractivity contribution in [1.29, 1.82) is 0 Å². The molecule has 0 aliphatic heterocycles. The fourth-order valence-electron chi connectivity index (χ4n) is 4.73. The average molecular weight is 473 g/mol. The van der Waals surface area contributed by atoms with Crippen LogP contribution in [0.3, 0.4) is 0 Å². The van der Waals surface area contributed by atoms with Gasteiger partial charge in [0.05, 0.1) is 15.2 Å². The van der Waals surface area contributed by atoms with Gasteiger partial charge in [-0.1, -0.05) is 46.1 Å². The first-order valence-electron chi connectivity index (χ1n) is 12.4. The smallest absolute Gasteiger partial charge is 0.243 e. The van der Waals surface area contributed by atoms with E-state index in [1.807, 2.05) is 0 Å². The van der Waals surface area contributed by atoms with E-state index in [4.69, 9.17) is 4.98 Å². The third-order valence-corrected chi connectivity index (χ3v) is 7.86. The van der Waals surface area contributed by atoms with Crippen LogP contribution in [0.4, 0.5) is 0 Å². The van der Waals surface area contributed by atoms with Crippen molar-refractivity contribution in [2.75, 3.05) is 20.6 Å². The van der Waals surface area contributed by atoms with Gasteiger partial charge >= 0.3 is 0 Å². The van der Waals surface area contributed by atoms with Gasteiger partial charge in [0.2, 0.25) is 11.8 Å². The van der Waals surface area contributed by atoms with Crippen LogP contribution in [0.5, 0.6) is 0 Å². The van der Waals surface area contributed by atoms with Crippen LogP contribution in [0.25, 0.3) is 10.2 Å². The van der Waals surface area contributed by atoms with Gasteiger partial charge in [-0.2, -0.15) is 0 Å². The van der Waals surface area contributed by atoms with E-state index in [0.717, 1.165) is 15.2 Å². The molecule has 0 spiro atoms. The molecule has 2 N–H and O–H groups in total. The molecule has 1 saturated carbocycles. The van der Waals surface area contributed by atoms with Gasteiger partial charge in [0.25, 0.3) is 0 Å². The number of hydrogen-bond acceptors (Lipinski definition) is 5. The molecule has 7 heteroatoms. The van der Waals surface area contributed by atoms with E-state index in [-0.39, 0.29) is 11.8 Å². The van der Waals surface area contributed by atoms with Crippen LogP contribution in [0.2, 0.25) is 0 Å². The van der Waals surface area contributed by atoms with Crippen molar-refractivity contribution < 1.29 is 9.59 Å². The molecule has 0 radical (unpaired) electrons. The lowest BCUT2D eigenvalue weighted by atomic mass is 9.83. The molecule has 6 nitrogen and oxygen atoms in total. The van der Waals surface area contributed by atoms with E-state index in [9.17, 15) is 9.59 Å². The summed E-state index contributed by atoms with van der Waals surface area (Å²) in [5.74, 6) is 0.824. The predicted molar refractivity (Wildman–Crippen MR) is 137 cm³/mol. The topological polar surface area (TPSA) is 74.3 Å². The monoisotopic (exact) mass is 472 g/mol. The Morgan fingerprint density at radius 2 is 1.91 bits per heavy atom. The first-order valence-corrected chi connectivity index (χ1v) is 13.2. The first-order chi connectivity index (χ1) is 15.8. The Morgan fingerprint density at radius 1 is 1.18 bits per heavy atom. The third kappa shape index (κ3) is 7.00. The van der Waals surface area contributed by atoms with Crippen LogP contribution >= 0.6 is 11.3 Å². The zero-order chi connectivity index (χ0) is 24.0. The van der Waals surface area contributed by atoms with Crippen molar-refractivity contribution in [1.82, 2.24) is 20.5 Å². The van der Waals surface area contributed by atoms with E-state index >= 15 is 0 Å². The molecule has 1 aromatic heterocycles. The molecule has 182 valence electrons. The summed E-state index contributed by atoms with van der Waals surface area (Å²) in [7, 11) is 4.18. The summed E-state index contributed by atoms with van der Waals surface area (Å²) in [6.07, 6.45) is 7.06. The number of rotatable bonds is 10. The molecule has 2 atom stereocenters. The fraction of sp³-hybridized carbons (Fsp3) is 0.654. The average Bonchev–Trinajstić information content (AvgIpc) is 3.20. The summed E-state index contributed by atoms with van der Waals surface area (Å²) in [4.78, 5) is 32.4. The first kappa shape index (κ1) is 25.6. The van der Waals surface area contributed by atoms with Crippen molar-refractivity contribution in [3.63, 3.8) is 0 Å². The maximum Gasteiger partial charge on any atom is 0.243 e. The Hall–Kier alpha value is -1.99. The lowest BCUT2D eigenvalue weighted by Crippen LogP contribution is -2.52. The summed E-state index contributed by atoms with van der Waals surface area (Å²) >= 11 is 1.61. The Morgan fingerprint density at radius 3 is 2.55 bits per heavy atom. The maximum atomic E-state index is 13.2. The summed E-state index contributed by atoms with van der Waals surface area (Å²) < 4.78 is 1.13. The van der Waals surface area contributed by atoms with Gasteiger partial charge in [0.1, 0.15) is 6.04 Å². The minimum Gasteiger partial charge on any atom is -0.353 e. The number of nitrogens with zero attached hydrogens (tertiary/aromatic N) is 2. The lowest BCUT2D eigenvalue weighted by molar-refractivity contribution is -0.129. The summed E-state index contributed by atoms with van der Waals surface area (Å²) in [5, 5.41) is 6.95. The van der Waals surface area contributed by atoms with Gasteiger partial charge in [-0.3, -0.25) is 9.59 Å². The minimum atomic E-state index is -0.614. The van der Waals surface area contributed by atoms with E-state index < -0.39 is 6.04 Å². The molecule has 1 aliphatic rings. The summed E-state index contributed by atoms with van der Waals surface area (Å²) in [5.41, 5.74) is 2.23. The molecule has 1 heterocycles.